The van der Waals surface area contributed by atoms with Crippen molar-refractivity contribution in [3.8, 4) is 17.2 Å². The Morgan fingerprint density at radius 1 is 1.53 bits per heavy atom. The summed E-state index contributed by atoms with van der Waals surface area (Å²) in [5.74, 6) is 0. The second-order valence-electron chi connectivity index (χ2n) is 3.54. The van der Waals surface area contributed by atoms with E-state index in [1.54, 1.807) is 25.1 Å². The van der Waals surface area contributed by atoms with E-state index in [1.807, 2.05) is 12.1 Å². The van der Waals surface area contributed by atoms with E-state index in [-0.39, 0.29) is 5.69 Å². The van der Waals surface area contributed by atoms with E-state index in [2.05, 4.69) is 10.2 Å². The van der Waals surface area contributed by atoms with Crippen LogP contribution in [0.15, 0.2) is 24.3 Å². The number of aromatic nitrogens is 2. The van der Waals surface area contributed by atoms with Crippen molar-refractivity contribution in [1.29, 1.82) is 5.26 Å². The lowest BCUT2D eigenvalue weighted by Gasteiger charge is -2.01. The molecule has 0 radical (unpaired) electrons. The molecule has 2 rings (SSSR count). The molecule has 0 aliphatic rings. The number of hydrogen-bond acceptors (Lipinski definition) is 3. The van der Waals surface area contributed by atoms with Crippen LogP contribution in [-0.2, 0) is 0 Å². The van der Waals surface area contributed by atoms with E-state index in [0.717, 1.165) is 11.3 Å². The molecule has 0 spiro atoms. The van der Waals surface area contributed by atoms with E-state index in [0.29, 0.717) is 11.1 Å². The number of carbonyl (C=O) groups excluding carboxylic acids is 1. The van der Waals surface area contributed by atoms with Crippen LogP contribution in [0.5, 0.6) is 0 Å². The maximum Gasteiger partial charge on any atom is 0.273 e. The molecule has 0 saturated carbocycles. The van der Waals surface area contributed by atoms with Gasteiger partial charge in [0.25, 0.3) is 5.24 Å². The van der Waals surface area contributed by atoms with Gasteiger partial charge >= 0.3 is 0 Å². The van der Waals surface area contributed by atoms with Gasteiger partial charge in [-0.1, -0.05) is 12.1 Å². The van der Waals surface area contributed by atoms with Gasteiger partial charge in [0.15, 0.2) is 5.69 Å². The van der Waals surface area contributed by atoms with Crippen molar-refractivity contribution in [2.24, 2.45) is 0 Å². The number of halogens is 1. The first-order valence-electron chi connectivity index (χ1n) is 4.89. The molecule has 1 heterocycles. The standard InChI is InChI=1S/C12H8ClN3O/c1-7-10(11(12(13)17)16-15-7)9-4-2-3-8(5-9)6-14/h2-5H,1H3,(H,15,16). The molecule has 0 saturated heterocycles. The Bertz CT molecular complexity index is 625. The topological polar surface area (TPSA) is 69.5 Å². The van der Waals surface area contributed by atoms with Crippen molar-refractivity contribution in [3.63, 3.8) is 0 Å². The van der Waals surface area contributed by atoms with Gasteiger partial charge in [-0.2, -0.15) is 10.4 Å². The van der Waals surface area contributed by atoms with E-state index >= 15 is 0 Å². The van der Waals surface area contributed by atoms with Gasteiger partial charge in [-0.25, -0.2) is 0 Å². The summed E-state index contributed by atoms with van der Waals surface area (Å²) in [5, 5.41) is 14.8. The predicted octanol–water partition coefficient (Wildman–Crippen LogP) is 2.64. The quantitative estimate of drug-likeness (QED) is 0.827. The Morgan fingerprint density at radius 2 is 2.29 bits per heavy atom. The lowest BCUT2D eigenvalue weighted by atomic mass is 10.0. The van der Waals surface area contributed by atoms with Crippen LogP contribution in [0.4, 0.5) is 0 Å². The van der Waals surface area contributed by atoms with Crippen molar-refractivity contribution < 1.29 is 4.79 Å². The first-order valence-corrected chi connectivity index (χ1v) is 5.26. The summed E-state index contributed by atoms with van der Waals surface area (Å²) in [7, 11) is 0. The average Bonchev–Trinajstić information content (AvgIpc) is 2.71. The van der Waals surface area contributed by atoms with Crippen LogP contribution < -0.4 is 0 Å². The number of nitrogens with one attached hydrogen (secondary N) is 1. The number of H-pyrrole nitrogens is 1. The SMILES string of the molecule is Cc1[nH]nc(C(=O)Cl)c1-c1cccc(C#N)c1. The van der Waals surface area contributed by atoms with Crippen molar-refractivity contribution in [3.05, 3.63) is 41.2 Å². The van der Waals surface area contributed by atoms with Gasteiger partial charge < -0.3 is 0 Å². The Hall–Kier alpha value is -2.12. The number of carbonyl (C=O) groups is 1. The van der Waals surface area contributed by atoms with Gasteiger partial charge in [0, 0.05) is 11.3 Å². The Kier molecular flexibility index (Phi) is 2.94. The number of benzene rings is 1. The summed E-state index contributed by atoms with van der Waals surface area (Å²) < 4.78 is 0. The minimum atomic E-state index is -0.619. The largest absolute Gasteiger partial charge is 0.281 e. The van der Waals surface area contributed by atoms with Gasteiger partial charge in [-0.15, -0.1) is 0 Å². The Labute approximate surface area is 103 Å². The number of nitrogens with zero attached hydrogens (tertiary/aromatic N) is 2. The fourth-order valence-corrected chi connectivity index (χ4v) is 1.81. The molecule has 1 N–H and O–H groups in total. The molecule has 1 aromatic heterocycles. The zero-order valence-corrected chi connectivity index (χ0v) is 9.75. The Balaban J connectivity index is 2.64. The van der Waals surface area contributed by atoms with Crippen molar-refractivity contribution in [1.82, 2.24) is 10.2 Å². The molecule has 0 aliphatic carbocycles. The number of aromatic amines is 1. The highest BCUT2D eigenvalue weighted by Gasteiger charge is 2.17. The predicted molar refractivity (Wildman–Crippen MR) is 63.7 cm³/mol. The third-order valence-electron chi connectivity index (χ3n) is 2.41. The molecule has 84 valence electrons. The van der Waals surface area contributed by atoms with Gasteiger partial charge in [0.2, 0.25) is 0 Å². The van der Waals surface area contributed by atoms with Crippen molar-refractivity contribution in [2.75, 3.05) is 0 Å². The molecule has 1 aromatic carbocycles. The monoisotopic (exact) mass is 245 g/mol. The van der Waals surface area contributed by atoms with Gasteiger partial charge in [0.05, 0.1) is 11.6 Å². The van der Waals surface area contributed by atoms with Crippen molar-refractivity contribution >= 4 is 16.8 Å². The van der Waals surface area contributed by atoms with Crippen LogP contribution in [0.25, 0.3) is 11.1 Å². The molecule has 0 atom stereocenters. The molecular weight excluding hydrogens is 238 g/mol. The summed E-state index contributed by atoms with van der Waals surface area (Å²) in [6.45, 7) is 1.80. The lowest BCUT2D eigenvalue weighted by Crippen LogP contribution is -1.93. The van der Waals surface area contributed by atoms with Gasteiger partial charge in [-0.3, -0.25) is 9.89 Å². The minimum absolute atomic E-state index is 0.180. The van der Waals surface area contributed by atoms with E-state index in [9.17, 15) is 4.79 Å². The number of rotatable bonds is 2. The first kappa shape index (κ1) is 11.4. The fourth-order valence-electron chi connectivity index (χ4n) is 1.67. The zero-order chi connectivity index (χ0) is 12.4. The molecular formula is C12H8ClN3O. The molecule has 4 nitrogen and oxygen atoms in total. The lowest BCUT2D eigenvalue weighted by molar-refractivity contribution is 0.107. The normalized spacial score (nSPS) is 9.94. The second kappa shape index (κ2) is 4.40. The Morgan fingerprint density at radius 3 is 2.94 bits per heavy atom. The summed E-state index contributed by atoms with van der Waals surface area (Å²) in [6.07, 6.45) is 0. The number of hydrogen-bond donors (Lipinski definition) is 1. The molecule has 0 amide bonds. The highest BCUT2D eigenvalue weighted by Crippen LogP contribution is 2.27. The van der Waals surface area contributed by atoms with Crippen LogP contribution in [0.3, 0.4) is 0 Å². The maximum absolute atomic E-state index is 11.2. The van der Waals surface area contributed by atoms with E-state index in [4.69, 9.17) is 16.9 Å². The summed E-state index contributed by atoms with van der Waals surface area (Å²) in [4.78, 5) is 11.2. The van der Waals surface area contributed by atoms with E-state index in [1.165, 1.54) is 0 Å². The molecule has 0 aliphatic heterocycles. The molecule has 0 bridgehead atoms. The van der Waals surface area contributed by atoms with Crippen LogP contribution in [0.2, 0.25) is 0 Å². The van der Waals surface area contributed by atoms with Crippen molar-refractivity contribution in [2.45, 2.75) is 6.92 Å². The smallest absolute Gasteiger partial charge is 0.273 e. The zero-order valence-electron chi connectivity index (χ0n) is 8.99. The van der Waals surface area contributed by atoms with Crippen LogP contribution in [-0.4, -0.2) is 15.4 Å². The second-order valence-corrected chi connectivity index (χ2v) is 3.88. The number of nitriles is 1. The minimum Gasteiger partial charge on any atom is -0.281 e. The molecule has 17 heavy (non-hydrogen) atoms. The van der Waals surface area contributed by atoms with Gasteiger partial charge in [-0.05, 0) is 36.2 Å². The highest BCUT2D eigenvalue weighted by atomic mass is 35.5. The fraction of sp³-hybridized carbons (Fsp3) is 0.0833. The third kappa shape index (κ3) is 2.05. The van der Waals surface area contributed by atoms with E-state index < -0.39 is 5.24 Å². The molecule has 5 heteroatoms. The molecule has 0 unspecified atom stereocenters. The average molecular weight is 246 g/mol. The van der Waals surface area contributed by atoms with Crippen LogP contribution in [0, 0.1) is 18.3 Å². The van der Waals surface area contributed by atoms with Gasteiger partial charge in [0.1, 0.15) is 0 Å². The highest BCUT2D eigenvalue weighted by molar-refractivity contribution is 6.68. The summed E-state index contributed by atoms with van der Waals surface area (Å²) in [5.41, 5.74) is 2.83. The maximum atomic E-state index is 11.2. The van der Waals surface area contributed by atoms with Crippen LogP contribution >= 0.6 is 11.6 Å². The molecule has 2 aromatic rings. The first-order chi connectivity index (χ1) is 8.13. The van der Waals surface area contributed by atoms with Crippen LogP contribution in [0.1, 0.15) is 21.7 Å². The number of aryl methyl sites for hydroxylation is 1. The third-order valence-corrected chi connectivity index (χ3v) is 2.59. The molecule has 0 fully saturated rings. The summed E-state index contributed by atoms with van der Waals surface area (Å²) in [6, 6.07) is 9.00. The summed E-state index contributed by atoms with van der Waals surface area (Å²) >= 11 is 5.46.